The van der Waals surface area contributed by atoms with Gasteiger partial charge in [-0.15, -0.1) is 21.5 Å². The molecule has 1 spiro atoms. The number of nitrogens with zero attached hydrogens (tertiary/aromatic N) is 4. The molecule has 4 aliphatic rings. The quantitative estimate of drug-likeness (QED) is 0.545. The maximum atomic E-state index is 12.6. The van der Waals surface area contributed by atoms with Gasteiger partial charge < -0.3 is 14.8 Å². The van der Waals surface area contributed by atoms with Gasteiger partial charge in [-0.25, -0.2) is 4.79 Å². The summed E-state index contributed by atoms with van der Waals surface area (Å²) in [6.07, 6.45) is 4.30. The second-order valence-electron chi connectivity index (χ2n) is 10.0. The van der Waals surface area contributed by atoms with Crippen LogP contribution in [0.2, 0.25) is 5.02 Å². The fourth-order valence-electron chi connectivity index (χ4n) is 5.59. The second-order valence-corrected chi connectivity index (χ2v) is 11.5. The van der Waals surface area contributed by atoms with Crippen LogP contribution in [0.5, 0.6) is 0 Å². The van der Waals surface area contributed by atoms with Crippen molar-refractivity contribution < 1.29 is 14.3 Å². The Morgan fingerprint density at radius 1 is 1.22 bits per heavy atom. The molecular formula is C26H26ClN5O3S. The lowest BCUT2D eigenvalue weighted by molar-refractivity contribution is 0.0656. The van der Waals surface area contributed by atoms with E-state index in [9.17, 15) is 4.79 Å². The van der Waals surface area contributed by atoms with Crippen LogP contribution in [0.3, 0.4) is 0 Å². The maximum absolute atomic E-state index is 12.6. The number of benzene rings is 1. The summed E-state index contributed by atoms with van der Waals surface area (Å²) < 4.78 is 13.5. The standard InChI is InChI=1S/C26H26ClN5O3S/c1-14-30-31-24-26(8-9-26)29-22(17-4-2-3-5-19(17)27)21-18-12-16(13-20(18)36-23(21)32(14)24)35-25(33)28-15-6-10-34-11-7-15/h2-5,15-16H,6-13H2,1H3,(H,28,33)/t16-/m0/s1. The summed E-state index contributed by atoms with van der Waals surface area (Å²) in [5.41, 5.74) is 3.73. The van der Waals surface area contributed by atoms with Crippen molar-refractivity contribution in [2.45, 2.75) is 63.1 Å². The molecule has 2 aliphatic carbocycles. The van der Waals surface area contributed by atoms with Crippen LogP contribution < -0.4 is 5.32 Å². The number of thiophene rings is 1. The number of aryl methyl sites for hydroxylation is 1. The van der Waals surface area contributed by atoms with Crippen molar-refractivity contribution >= 4 is 34.7 Å². The third-order valence-electron chi connectivity index (χ3n) is 7.59. The van der Waals surface area contributed by atoms with E-state index in [2.05, 4.69) is 20.1 Å². The minimum Gasteiger partial charge on any atom is -0.446 e. The van der Waals surface area contributed by atoms with Crippen LogP contribution in [0.4, 0.5) is 4.79 Å². The fourth-order valence-corrected chi connectivity index (χ4v) is 7.26. The largest absolute Gasteiger partial charge is 0.446 e. The molecule has 0 unspecified atom stereocenters. The summed E-state index contributed by atoms with van der Waals surface area (Å²) in [5, 5.41) is 13.8. The van der Waals surface area contributed by atoms with Crippen molar-refractivity contribution in [2.24, 2.45) is 4.99 Å². The molecule has 7 rings (SSSR count). The molecule has 186 valence electrons. The summed E-state index contributed by atoms with van der Waals surface area (Å²) in [5.74, 6) is 1.77. The van der Waals surface area contributed by atoms with Crippen LogP contribution in [0, 0.1) is 6.92 Å². The Balaban J connectivity index is 1.26. The topological polar surface area (TPSA) is 90.6 Å². The minimum atomic E-state index is -0.362. The molecular weight excluding hydrogens is 498 g/mol. The highest BCUT2D eigenvalue weighted by Crippen LogP contribution is 2.54. The Bertz CT molecular complexity index is 1400. The molecule has 1 saturated carbocycles. The van der Waals surface area contributed by atoms with Crippen molar-refractivity contribution in [1.82, 2.24) is 20.1 Å². The van der Waals surface area contributed by atoms with Crippen molar-refractivity contribution in [3.8, 4) is 5.00 Å². The lowest BCUT2D eigenvalue weighted by Crippen LogP contribution is -2.40. The van der Waals surface area contributed by atoms with E-state index in [4.69, 9.17) is 26.1 Å². The Morgan fingerprint density at radius 2 is 2.03 bits per heavy atom. The predicted octanol–water partition coefficient (Wildman–Crippen LogP) is 4.50. The number of aliphatic imine (C=N–C) groups is 1. The van der Waals surface area contributed by atoms with Gasteiger partial charge in [0.05, 0.1) is 5.71 Å². The number of amides is 1. The van der Waals surface area contributed by atoms with Gasteiger partial charge in [0, 0.05) is 53.1 Å². The van der Waals surface area contributed by atoms with Crippen LogP contribution in [-0.2, 0) is 27.9 Å². The van der Waals surface area contributed by atoms with E-state index in [1.165, 1.54) is 10.4 Å². The fraction of sp³-hybridized carbons (Fsp3) is 0.462. The Morgan fingerprint density at radius 3 is 2.81 bits per heavy atom. The van der Waals surface area contributed by atoms with Crippen LogP contribution in [0.25, 0.3) is 5.00 Å². The average molecular weight is 524 g/mol. The molecule has 10 heteroatoms. The SMILES string of the molecule is Cc1nnc2n1-c1sc3c(c1C(c1ccccc1Cl)=NC21CC1)C[C@H](OC(=O)NC1CCOCC1)C3. The first-order valence-electron chi connectivity index (χ1n) is 12.5. The van der Waals surface area contributed by atoms with E-state index in [-0.39, 0.29) is 23.8 Å². The highest BCUT2D eigenvalue weighted by atomic mass is 35.5. The number of aromatic nitrogens is 3. The number of hydrogen-bond acceptors (Lipinski definition) is 7. The molecule has 2 aliphatic heterocycles. The van der Waals surface area contributed by atoms with Crippen molar-refractivity contribution in [1.29, 1.82) is 0 Å². The molecule has 1 saturated heterocycles. The summed E-state index contributed by atoms with van der Waals surface area (Å²) in [7, 11) is 0. The van der Waals surface area contributed by atoms with E-state index in [0.717, 1.165) is 59.2 Å². The van der Waals surface area contributed by atoms with Gasteiger partial charge in [0.2, 0.25) is 0 Å². The maximum Gasteiger partial charge on any atom is 0.407 e. The van der Waals surface area contributed by atoms with Gasteiger partial charge in [-0.3, -0.25) is 9.56 Å². The van der Waals surface area contributed by atoms with E-state index in [1.54, 1.807) is 11.3 Å². The first-order chi connectivity index (χ1) is 17.5. The first-order valence-corrected chi connectivity index (χ1v) is 13.7. The molecule has 0 radical (unpaired) electrons. The van der Waals surface area contributed by atoms with Gasteiger partial charge in [0.1, 0.15) is 22.5 Å². The van der Waals surface area contributed by atoms with Crippen molar-refractivity contribution in [2.75, 3.05) is 13.2 Å². The summed E-state index contributed by atoms with van der Waals surface area (Å²) >= 11 is 8.45. The number of carbonyl (C=O) groups excluding carboxylic acids is 1. The van der Waals surface area contributed by atoms with Gasteiger partial charge in [0.15, 0.2) is 5.82 Å². The number of rotatable bonds is 3. The van der Waals surface area contributed by atoms with Crippen LogP contribution in [0.15, 0.2) is 29.3 Å². The van der Waals surface area contributed by atoms with Gasteiger partial charge in [-0.05, 0) is 44.2 Å². The summed E-state index contributed by atoms with van der Waals surface area (Å²) in [6, 6.07) is 8.00. The van der Waals surface area contributed by atoms with Gasteiger partial charge in [-0.2, -0.15) is 0 Å². The molecule has 3 aromatic rings. The lowest BCUT2D eigenvalue weighted by Gasteiger charge is -2.23. The van der Waals surface area contributed by atoms with Crippen molar-refractivity contribution in [3.05, 3.63) is 62.5 Å². The molecule has 0 bridgehead atoms. The first kappa shape index (κ1) is 22.4. The zero-order chi connectivity index (χ0) is 24.4. The molecule has 2 aromatic heterocycles. The zero-order valence-electron chi connectivity index (χ0n) is 19.9. The van der Waals surface area contributed by atoms with Gasteiger partial charge in [0.25, 0.3) is 0 Å². The molecule has 1 N–H and O–H groups in total. The molecule has 1 atom stereocenters. The minimum absolute atomic E-state index is 0.113. The van der Waals surface area contributed by atoms with E-state index < -0.39 is 0 Å². The number of carbonyl (C=O) groups is 1. The number of alkyl carbamates (subject to hydrolysis) is 1. The Kier molecular flexibility index (Phi) is 5.23. The van der Waals surface area contributed by atoms with E-state index in [1.807, 2.05) is 31.2 Å². The van der Waals surface area contributed by atoms with Crippen LogP contribution in [-0.4, -0.2) is 51.9 Å². The van der Waals surface area contributed by atoms with Crippen LogP contribution >= 0.6 is 22.9 Å². The monoisotopic (exact) mass is 523 g/mol. The molecule has 8 nitrogen and oxygen atoms in total. The third kappa shape index (κ3) is 3.59. The summed E-state index contributed by atoms with van der Waals surface area (Å²) in [4.78, 5) is 19.2. The third-order valence-corrected chi connectivity index (χ3v) is 9.16. The number of ether oxygens (including phenoxy) is 2. The Hall–Kier alpha value is -2.75. The zero-order valence-corrected chi connectivity index (χ0v) is 21.5. The van der Waals surface area contributed by atoms with Gasteiger partial charge >= 0.3 is 6.09 Å². The van der Waals surface area contributed by atoms with Gasteiger partial charge in [-0.1, -0.05) is 29.8 Å². The van der Waals surface area contributed by atoms with Crippen LogP contribution in [0.1, 0.15) is 58.9 Å². The van der Waals surface area contributed by atoms with E-state index >= 15 is 0 Å². The number of nitrogens with one attached hydrogen (secondary N) is 1. The average Bonchev–Trinajstić information content (AvgIpc) is 3.23. The number of halogens is 1. The molecule has 2 fully saturated rings. The highest BCUT2D eigenvalue weighted by Gasteiger charge is 2.52. The number of hydrogen-bond donors (Lipinski definition) is 1. The molecule has 1 amide bonds. The Labute approximate surface area is 217 Å². The van der Waals surface area contributed by atoms with E-state index in [0.29, 0.717) is 31.1 Å². The molecule has 36 heavy (non-hydrogen) atoms. The number of fused-ring (bicyclic) bond motifs is 6. The normalized spacial score (nSPS) is 21.8. The predicted molar refractivity (Wildman–Crippen MR) is 137 cm³/mol. The smallest absolute Gasteiger partial charge is 0.407 e. The van der Waals surface area contributed by atoms with Crippen molar-refractivity contribution in [3.63, 3.8) is 0 Å². The second kappa shape index (κ2) is 8.39. The summed E-state index contributed by atoms with van der Waals surface area (Å²) in [6.45, 7) is 3.34. The molecule has 4 heterocycles. The lowest BCUT2D eigenvalue weighted by atomic mass is 9.98. The molecule has 1 aromatic carbocycles. The highest BCUT2D eigenvalue weighted by molar-refractivity contribution is 7.15.